The number of nitrogens with zero attached hydrogens (tertiary/aromatic N) is 1. The normalized spacial score (nSPS) is 17.8. The lowest BCUT2D eigenvalue weighted by molar-refractivity contribution is -0.128. The smallest absolute Gasteiger partial charge is 0.335 e. The number of aromatic carboxylic acids is 1. The van der Waals surface area contributed by atoms with Crippen molar-refractivity contribution in [2.75, 3.05) is 19.8 Å². The largest absolute Gasteiger partial charge is 0.478 e. The molecule has 38 heavy (non-hydrogen) atoms. The third-order valence-corrected chi connectivity index (χ3v) is 7.06. The maximum atomic E-state index is 12.8. The molecule has 0 radical (unpaired) electrons. The lowest BCUT2D eigenvalue weighted by atomic mass is 9.98. The van der Waals surface area contributed by atoms with Crippen LogP contribution in [0, 0.1) is 0 Å². The van der Waals surface area contributed by atoms with Crippen molar-refractivity contribution in [2.45, 2.75) is 37.8 Å². The van der Waals surface area contributed by atoms with E-state index >= 15 is 0 Å². The lowest BCUT2D eigenvalue weighted by Crippen LogP contribution is -2.38. The summed E-state index contributed by atoms with van der Waals surface area (Å²) in [5.41, 5.74) is 2.43. The van der Waals surface area contributed by atoms with Gasteiger partial charge in [-0.3, -0.25) is 9.59 Å². The Balaban J connectivity index is 1.30. The van der Waals surface area contributed by atoms with Crippen LogP contribution in [-0.2, 0) is 16.1 Å². The van der Waals surface area contributed by atoms with E-state index in [-0.39, 0.29) is 29.3 Å². The molecule has 2 saturated heterocycles. The van der Waals surface area contributed by atoms with Crippen LogP contribution in [0.2, 0.25) is 0 Å². The van der Waals surface area contributed by atoms with Crippen LogP contribution in [0.5, 0.6) is 11.5 Å². The Morgan fingerprint density at radius 2 is 1.68 bits per heavy atom. The maximum Gasteiger partial charge on any atom is 0.335 e. The molecule has 5 rings (SSSR count). The summed E-state index contributed by atoms with van der Waals surface area (Å²) in [5.74, 6) is -0.231. The van der Waals surface area contributed by atoms with Crippen LogP contribution in [0.4, 0.5) is 0 Å². The molecular weight excluding hydrogens is 484 g/mol. The van der Waals surface area contributed by atoms with Gasteiger partial charge in [0, 0.05) is 55.8 Å². The van der Waals surface area contributed by atoms with Gasteiger partial charge >= 0.3 is 5.97 Å². The standard InChI is InChI=1S/C30H30N2O6/c33-28-17-24(20-4-2-1-3-5-20)19-32(28)18-23-7-6-22(30(35)36)16-27(23)38-26-10-8-21(9-11-26)29(34)31-25-12-14-37-15-13-25/h1-11,16,24-25H,12-15,17-19H2,(H,31,34)(H,35,36)/t24-/m1/s1. The first kappa shape index (κ1) is 25.5. The van der Waals surface area contributed by atoms with Gasteiger partial charge < -0.3 is 24.8 Å². The zero-order chi connectivity index (χ0) is 26.5. The molecule has 2 aliphatic rings. The fourth-order valence-electron chi connectivity index (χ4n) is 4.90. The highest BCUT2D eigenvalue weighted by molar-refractivity contribution is 5.94. The highest BCUT2D eigenvalue weighted by Gasteiger charge is 2.31. The molecule has 2 amide bonds. The molecule has 196 valence electrons. The Morgan fingerprint density at radius 1 is 0.974 bits per heavy atom. The summed E-state index contributed by atoms with van der Waals surface area (Å²) in [4.78, 5) is 38.8. The Hall–Kier alpha value is -4.17. The van der Waals surface area contributed by atoms with Gasteiger partial charge in [0.2, 0.25) is 5.91 Å². The van der Waals surface area contributed by atoms with E-state index in [2.05, 4.69) is 5.32 Å². The molecule has 2 heterocycles. The number of benzene rings is 3. The first-order valence-electron chi connectivity index (χ1n) is 12.8. The number of likely N-dealkylation sites (tertiary alicyclic amines) is 1. The van der Waals surface area contributed by atoms with E-state index in [0.29, 0.717) is 55.4 Å². The van der Waals surface area contributed by atoms with Crippen molar-refractivity contribution >= 4 is 17.8 Å². The summed E-state index contributed by atoms with van der Waals surface area (Å²) in [5, 5.41) is 12.5. The van der Waals surface area contributed by atoms with E-state index in [1.807, 2.05) is 30.3 Å². The second-order valence-corrected chi connectivity index (χ2v) is 9.70. The SMILES string of the molecule is O=C(O)c1ccc(CN2C[C@H](c3ccccc3)CC2=O)c(Oc2ccc(C(=O)NC3CCOCC3)cc2)c1. The fraction of sp³-hybridized carbons (Fsp3) is 0.300. The van der Waals surface area contributed by atoms with Crippen LogP contribution in [0.3, 0.4) is 0 Å². The monoisotopic (exact) mass is 514 g/mol. The second kappa shape index (κ2) is 11.5. The van der Waals surface area contributed by atoms with Crippen LogP contribution < -0.4 is 10.1 Å². The predicted octanol–water partition coefficient (Wildman–Crippen LogP) is 4.60. The number of hydrogen-bond acceptors (Lipinski definition) is 5. The minimum atomic E-state index is -1.07. The van der Waals surface area contributed by atoms with Crippen LogP contribution in [0.25, 0.3) is 0 Å². The molecule has 0 saturated carbocycles. The number of rotatable bonds is 8. The van der Waals surface area contributed by atoms with E-state index in [1.54, 1.807) is 35.2 Å². The molecular formula is C30H30N2O6. The molecule has 2 aliphatic heterocycles. The van der Waals surface area contributed by atoms with Gasteiger partial charge in [-0.05, 0) is 54.8 Å². The van der Waals surface area contributed by atoms with Gasteiger partial charge in [-0.25, -0.2) is 4.79 Å². The first-order chi connectivity index (χ1) is 18.5. The molecule has 0 aromatic heterocycles. The molecule has 8 nitrogen and oxygen atoms in total. The third-order valence-electron chi connectivity index (χ3n) is 7.06. The molecule has 3 aromatic carbocycles. The molecule has 3 aromatic rings. The highest BCUT2D eigenvalue weighted by atomic mass is 16.5. The molecule has 0 unspecified atom stereocenters. The Labute approximate surface area is 221 Å². The minimum absolute atomic E-state index is 0.0482. The number of carboxylic acid groups (broad SMARTS) is 1. The van der Waals surface area contributed by atoms with Gasteiger partial charge in [0.25, 0.3) is 5.91 Å². The summed E-state index contributed by atoms with van der Waals surface area (Å²) in [6.07, 6.45) is 2.02. The van der Waals surface area contributed by atoms with Gasteiger partial charge in [-0.1, -0.05) is 36.4 Å². The van der Waals surface area contributed by atoms with Gasteiger partial charge in [0.05, 0.1) is 5.56 Å². The van der Waals surface area contributed by atoms with Crippen molar-refractivity contribution < 1.29 is 29.0 Å². The first-order valence-corrected chi connectivity index (χ1v) is 12.8. The average Bonchev–Trinajstić information content (AvgIpc) is 3.31. The maximum absolute atomic E-state index is 12.8. The second-order valence-electron chi connectivity index (χ2n) is 9.70. The fourth-order valence-corrected chi connectivity index (χ4v) is 4.90. The zero-order valence-electron chi connectivity index (χ0n) is 21.0. The number of ether oxygens (including phenoxy) is 2. The van der Waals surface area contributed by atoms with E-state index in [1.165, 1.54) is 12.1 Å². The van der Waals surface area contributed by atoms with Crippen LogP contribution in [-0.4, -0.2) is 53.6 Å². The van der Waals surface area contributed by atoms with Crippen molar-refractivity contribution in [3.8, 4) is 11.5 Å². The van der Waals surface area contributed by atoms with Gasteiger partial charge in [-0.2, -0.15) is 0 Å². The number of carbonyl (C=O) groups excluding carboxylic acids is 2. The molecule has 0 bridgehead atoms. The van der Waals surface area contributed by atoms with Crippen LogP contribution in [0.1, 0.15) is 57.0 Å². The van der Waals surface area contributed by atoms with E-state index in [4.69, 9.17) is 9.47 Å². The lowest BCUT2D eigenvalue weighted by Gasteiger charge is -2.23. The van der Waals surface area contributed by atoms with Crippen LogP contribution in [0.15, 0.2) is 72.8 Å². The Kier molecular flexibility index (Phi) is 7.70. The van der Waals surface area contributed by atoms with Crippen molar-refractivity contribution in [1.29, 1.82) is 0 Å². The van der Waals surface area contributed by atoms with Crippen molar-refractivity contribution in [2.24, 2.45) is 0 Å². The quantitative estimate of drug-likeness (QED) is 0.455. The van der Waals surface area contributed by atoms with Crippen LogP contribution >= 0.6 is 0 Å². The number of amides is 2. The Bertz CT molecular complexity index is 1300. The Morgan fingerprint density at radius 3 is 2.39 bits per heavy atom. The summed E-state index contributed by atoms with van der Waals surface area (Å²) < 4.78 is 11.4. The molecule has 1 atom stereocenters. The summed E-state index contributed by atoms with van der Waals surface area (Å²) >= 11 is 0. The van der Waals surface area contributed by atoms with E-state index in [0.717, 1.165) is 18.4 Å². The topological polar surface area (TPSA) is 105 Å². The molecule has 2 N–H and O–H groups in total. The molecule has 0 aliphatic carbocycles. The summed E-state index contributed by atoms with van der Waals surface area (Å²) in [7, 11) is 0. The highest BCUT2D eigenvalue weighted by Crippen LogP contribution is 2.33. The minimum Gasteiger partial charge on any atom is -0.478 e. The average molecular weight is 515 g/mol. The zero-order valence-corrected chi connectivity index (χ0v) is 21.0. The number of carbonyl (C=O) groups is 3. The van der Waals surface area contributed by atoms with Gasteiger partial charge in [-0.15, -0.1) is 0 Å². The van der Waals surface area contributed by atoms with Gasteiger partial charge in [0.1, 0.15) is 11.5 Å². The molecule has 2 fully saturated rings. The molecule has 8 heteroatoms. The van der Waals surface area contributed by atoms with E-state index < -0.39 is 5.97 Å². The summed E-state index contributed by atoms with van der Waals surface area (Å²) in [6.45, 7) is 2.18. The number of nitrogens with one attached hydrogen (secondary N) is 1. The number of carboxylic acids is 1. The summed E-state index contributed by atoms with van der Waals surface area (Å²) in [6, 6.07) is 21.5. The van der Waals surface area contributed by atoms with Crippen molar-refractivity contribution in [3.05, 3.63) is 95.1 Å². The van der Waals surface area contributed by atoms with Crippen molar-refractivity contribution in [3.63, 3.8) is 0 Å². The molecule has 0 spiro atoms. The number of hydrogen-bond donors (Lipinski definition) is 2. The predicted molar refractivity (Wildman–Crippen MR) is 140 cm³/mol. The van der Waals surface area contributed by atoms with E-state index in [9.17, 15) is 19.5 Å². The van der Waals surface area contributed by atoms with Gasteiger partial charge in [0.15, 0.2) is 0 Å². The van der Waals surface area contributed by atoms with Crippen molar-refractivity contribution in [1.82, 2.24) is 10.2 Å². The third kappa shape index (κ3) is 6.03.